The number of sulfonamides is 1. The molecule has 1 fully saturated rings. The Bertz CT molecular complexity index is 1000. The molecule has 6 nitrogen and oxygen atoms in total. The predicted molar refractivity (Wildman–Crippen MR) is 114 cm³/mol. The molecule has 1 saturated carbocycles. The Kier molecular flexibility index (Phi) is 6.63. The minimum Gasteiger partial charge on any atom is -0.353 e. The van der Waals surface area contributed by atoms with Gasteiger partial charge in [0.15, 0.2) is 0 Å². The number of carbonyl (C=O) groups is 1. The molecule has 0 aliphatic heterocycles. The molecule has 0 spiro atoms. The van der Waals surface area contributed by atoms with E-state index in [0.29, 0.717) is 6.54 Å². The molecule has 0 saturated heterocycles. The summed E-state index contributed by atoms with van der Waals surface area (Å²) in [7, 11) is -2.07. The summed E-state index contributed by atoms with van der Waals surface area (Å²) < 4.78 is 29.7. The minimum absolute atomic E-state index is 0.0790. The molecule has 0 unspecified atom stereocenters. The summed E-state index contributed by atoms with van der Waals surface area (Å²) >= 11 is 12.1. The van der Waals surface area contributed by atoms with Gasteiger partial charge in [-0.2, -0.15) is 4.31 Å². The molecule has 1 aliphatic carbocycles. The van der Waals surface area contributed by atoms with Crippen LogP contribution in [0.25, 0.3) is 0 Å². The molecule has 0 bridgehead atoms. The van der Waals surface area contributed by atoms with Crippen LogP contribution in [-0.4, -0.2) is 46.7 Å². The zero-order chi connectivity index (χ0) is 21.3. The predicted octanol–water partition coefficient (Wildman–Crippen LogP) is 3.92. The summed E-state index contributed by atoms with van der Waals surface area (Å²) in [6, 6.07) is 7.93. The Morgan fingerprint density at radius 2 is 1.93 bits per heavy atom. The van der Waals surface area contributed by atoms with Gasteiger partial charge in [0.05, 0.1) is 18.1 Å². The lowest BCUT2D eigenvalue weighted by Crippen LogP contribution is -2.46. The first-order valence-electron chi connectivity index (χ1n) is 9.48. The van der Waals surface area contributed by atoms with E-state index in [1.807, 2.05) is 29.9 Å². The van der Waals surface area contributed by atoms with Crippen LogP contribution in [0.1, 0.15) is 32.4 Å². The van der Waals surface area contributed by atoms with Crippen molar-refractivity contribution < 1.29 is 13.2 Å². The van der Waals surface area contributed by atoms with Crippen LogP contribution in [0.15, 0.2) is 41.4 Å². The molecule has 1 aliphatic rings. The van der Waals surface area contributed by atoms with Crippen molar-refractivity contribution in [2.75, 3.05) is 6.54 Å². The number of benzene rings is 1. The molecule has 0 radical (unpaired) electrons. The van der Waals surface area contributed by atoms with E-state index in [-0.39, 0.29) is 33.4 Å². The van der Waals surface area contributed by atoms with Crippen LogP contribution < -0.4 is 0 Å². The van der Waals surface area contributed by atoms with Crippen molar-refractivity contribution in [1.82, 2.24) is 13.8 Å². The zero-order valence-electron chi connectivity index (χ0n) is 16.7. The number of amides is 1. The van der Waals surface area contributed by atoms with Crippen LogP contribution in [0, 0.1) is 0 Å². The van der Waals surface area contributed by atoms with Crippen LogP contribution in [0.5, 0.6) is 0 Å². The average molecular weight is 458 g/mol. The van der Waals surface area contributed by atoms with E-state index in [1.165, 1.54) is 22.5 Å². The third-order valence-electron chi connectivity index (χ3n) is 5.04. The van der Waals surface area contributed by atoms with E-state index >= 15 is 0 Å². The summed E-state index contributed by atoms with van der Waals surface area (Å²) in [4.78, 5) is 14.8. The molecular weight excluding hydrogens is 433 g/mol. The van der Waals surface area contributed by atoms with E-state index in [9.17, 15) is 13.2 Å². The van der Waals surface area contributed by atoms with Crippen LogP contribution in [0.3, 0.4) is 0 Å². The summed E-state index contributed by atoms with van der Waals surface area (Å²) in [5.41, 5.74) is 1.00. The number of hydrogen-bond donors (Lipinski definition) is 0. The number of aryl methyl sites for hydroxylation is 1. The van der Waals surface area contributed by atoms with Crippen molar-refractivity contribution >= 4 is 39.1 Å². The maximum atomic E-state index is 13.3. The van der Waals surface area contributed by atoms with Crippen LogP contribution in [0.2, 0.25) is 10.0 Å². The number of hydrogen-bond acceptors (Lipinski definition) is 3. The Hall–Kier alpha value is -1.54. The molecular formula is C20H25Cl2N3O3S. The number of nitrogens with zero attached hydrogens (tertiary/aromatic N) is 3. The number of carbonyl (C=O) groups excluding carboxylic acids is 1. The van der Waals surface area contributed by atoms with Gasteiger partial charge in [-0.05, 0) is 57.0 Å². The first-order valence-corrected chi connectivity index (χ1v) is 11.7. The van der Waals surface area contributed by atoms with Crippen molar-refractivity contribution in [2.24, 2.45) is 7.05 Å². The Morgan fingerprint density at radius 3 is 2.48 bits per heavy atom. The van der Waals surface area contributed by atoms with Crippen molar-refractivity contribution in [1.29, 1.82) is 0 Å². The first-order chi connectivity index (χ1) is 13.6. The standard InChI is InChI=1S/C20H25Cl2N3O3S/c1-14(2)25(29(27,28)19-11-15(21)6-9-18(19)22)13-20(26)24(16-7-8-16)12-17-5-4-10-23(17)3/h4-6,9-11,14,16H,7-8,12-13H2,1-3H3. The Morgan fingerprint density at radius 1 is 1.24 bits per heavy atom. The van der Waals surface area contributed by atoms with Gasteiger partial charge >= 0.3 is 0 Å². The molecule has 29 heavy (non-hydrogen) atoms. The van der Waals surface area contributed by atoms with Gasteiger partial charge in [0.1, 0.15) is 4.90 Å². The average Bonchev–Trinajstić information content (AvgIpc) is 3.41. The van der Waals surface area contributed by atoms with Gasteiger partial charge in [-0.15, -0.1) is 0 Å². The lowest BCUT2D eigenvalue weighted by molar-refractivity contribution is -0.133. The molecule has 158 valence electrons. The highest BCUT2D eigenvalue weighted by atomic mass is 35.5. The molecule has 2 aromatic rings. The van der Waals surface area contributed by atoms with E-state index < -0.39 is 16.1 Å². The van der Waals surface area contributed by atoms with Crippen molar-refractivity contribution in [2.45, 2.75) is 50.2 Å². The molecule has 1 amide bonds. The topological polar surface area (TPSA) is 62.6 Å². The van der Waals surface area contributed by atoms with Gasteiger partial charge < -0.3 is 9.47 Å². The van der Waals surface area contributed by atoms with E-state index in [2.05, 4.69) is 0 Å². The highest BCUT2D eigenvalue weighted by Gasteiger charge is 2.37. The van der Waals surface area contributed by atoms with Crippen molar-refractivity contribution in [3.63, 3.8) is 0 Å². The molecule has 1 heterocycles. The van der Waals surface area contributed by atoms with Crippen LogP contribution >= 0.6 is 23.2 Å². The maximum absolute atomic E-state index is 13.3. The molecule has 1 aromatic heterocycles. The number of halogens is 2. The van der Waals surface area contributed by atoms with Gasteiger partial charge in [0.25, 0.3) is 0 Å². The first kappa shape index (κ1) is 22.2. The van der Waals surface area contributed by atoms with E-state index in [4.69, 9.17) is 23.2 Å². The summed E-state index contributed by atoms with van der Waals surface area (Å²) in [5.74, 6) is -0.218. The second-order valence-electron chi connectivity index (χ2n) is 7.58. The summed E-state index contributed by atoms with van der Waals surface area (Å²) in [6.45, 7) is 3.69. The second kappa shape index (κ2) is 8.68. The highest BCUT2D eigenvalue weighted by molar-refractivity contribution is 7.89. The van der Waals surface area contributed by atoms with Gasteiger partial charge in [-0.1, -0.05) is 23.2 Å². The Labute approximate surface area is 182 Å². The SMILES string of the molecule is CC(C)N(CC(=O)N(Cc1cccn1C)C1CC1)S(=O)(=O)c1cc(Cl)ccc1Cl. The third kappa shape index (κ3) is 4.97. The number of aromatic nitrogens is 1. The maximum Gasteiger partial charge on any atom is 0.245 e. The van der Waals surface area contributed by atoms with Crippen molar-refractivity contribution in [3.8, 4) is 0 Å². The van der Waals surface area contributed by atoms with E-state index in [0.717, 1.165) is 18.5 Å². The zero-order valence-corrected chi connectivity index (χ0v) is 19.0. The molecule has 0 atom stereocenters. The fourth-order valence-electron chi connectivity index (χ4n) is 3.21. The molecule has 0 N–H and O–H groups in total. The van der Waals surface area contributed by atoms with Crippen molar-refractivity contribution in [3.05, 3.63) is 52.3 Å². The third-order valence-corrected chi connectivity index (χ3v) is 7.78. The lowest BCUT2D eigenvalue weighted by atomic mass is 10.3. The Balaban J connectivity index is 1.86. The second-order valence-corrected chi connectivity index (χ2v) is 10.3. The monoisotopic (exact) mass is 457 g/mol. The normalized spacial score (nSPS) is 14.6. The highest BCUT2D eigenvalue weighted by Crippen LogP contribution is 2.31. The molecule has 9 heteroatoms. The fraction of sp³-hybridized carbons (Fsp3) is 0.450. The van der Waals surface area contributed by atoms with Gasteiger partial charge in [-0.3, -0.25) is 4.79 Å². The summed E-state index contributed by atoms with van der Waals surface area (Å²) in [6.07, 6.45) is 3.80. The molecule has 1 aromatic carbocycles. The fourth-order valence-corrected chi connectivity index (χ4v) is 5.54. The van der Waals surface area contributed by atoms with Crippen LogP contribution in [0.4, 0.5) is 0 Å². The largest absolute Gasteiger partial charge is 0.353 e. The summed E-state index contributed by atoms with van der Waals surface area (Å²) in [5, 5.41) is 0.349. The van der Waals surface area contributed by atoms with E-state index in [1.54, 1.807) is 18.7 Å². The number of rotatable bonds is 8. The smallest absolute Gasteiger partial charge is 0.245 e. The quantitative estimate of drug-likeness (QED) is 0.603. The van der Waals surface area contributed by atoms with Crippen LogP contribution in [-0.2, 0) is 28.4 Å². The lowest BCUT2D eigenvalue weighted by Gasteiger charge is -2.30. The van der Waals surface area contributed by atoms with Gasteiger partial charge in [0.2, 0.25) is 15.9 Å². The van der Waals surface area contributed by atoms with Gasteiger partial charge in [0, 0.05) is 36.0 Å². The molecule has 3 rings (SSSR count). The van der Waals surface area contributed by atoms with Gasteiger partial charge in [-0.25, -0.2) is 8.42 Å². The minimum atomic E-state index is -3.99.